The standard InChI is InChI=1S/C30H28NO.C14H16GeN.Ir/c1-18(2)21(5)22-11-12-31-28(16-22)27-8-6-7-26-25-10-9-23(17-29(25)32-30(26)27)24-14-19(3)13-20(4)15-24;1-15(2,3)13-9-10-14(16-11-13)12-7-5-4-6-8-12;/h6-7,9-18,21H,1-5H3;4-7,9-11H,1-3H3;/q2*-1;. The van der Waals surface area contributed by atoms with Gasteiger partial charge in [0.15, 0.2) is 0 Å². The van der Waals surface area contributed by atoms with Crippen LogP contribution < -0.4 is 4.40 Å². The zero-order chi connectivity index (χ0) is 34.0. The first-order valence-electron chi connectivity index (χ1n) is 16.8. The number of hydrogen-bond acceptors (Lipinski definition) is 3. The van der Waals surface area contributed by atoms with Gasteiger partial charge >= 0.3 is 99.8 Å². The van der Waals surface area contributed by atoms with Gasteiger partial charge in [-0.05, 0) is 54.6 Å². The smallest absolute Gasteiger partial charge is 0 e. The number of nitrogens with zero attached hydrogens (tertiary/aromatic N) is 2. The first-order chi connectivity index (χ1) is 23.0. The Morgan fingerprint density at radius 2 is 1.47 bits per heavy atom. The minimum Gasteiger partial charge on any atom is 0 e. The second kappa shape index (κ2) is 15.4. The van der Waals surface area contributed by atoms with Crippen molar-refractivity contribution in [3.63, 3.8) is 0 Å². The fraction of sp³-hybridized carbons (Fsp3) is 0.227. The van der Waals surface area contributed by atoms with Crippen molar-refractivity contribution in [2.75, 3.05) is 0 Å². The molecule has 0 spiro atoms. The van der Waals surface area contributed by atoms with Crippen molar-refractivity contribution in [1.29, 1.82) is 0 Å². The maximum atomic E-state index is 6.44. The summed E-state index contributed by atoms with van der Waals surface area (Å²) in [5.41, 5.74) is 11.9. The molecule has 7 rings (SSSR count). The van der Waals surface area contributed by atoms with Gasteiger partial charge in [-0.2, -0.15) is 0 Å². The summed E-state index contributed by atoms with van der Waals surface area (Å²) >= 11 is -1.72. The summed E-state index contributed by atoms with van der Waals surface area (Å²) in [6.45, 7) is 11.1. The molecule has 0 aliphatic carbocycles. The van der Waals surface area contributed by atoms with Gasteiger partial charge in [-0.15, -0.1) is 18.2 Å². The number of fused-ring (bicyclic) bond motifs is 3. The molecule has 3 nitrogen and oxygen atoms in total. The van der Waals surface area contributed by atoms with Crippen molar-refractivity contribution in [1.82, 2.24) is 9.97 Å². The van der Waals surface area contributed by atoms with E-state index in [1.807, 2.05) is 42.7 Å². The molecule has 1 radical (unpaired) electrons. The SMILES string of the molecule is Cc1cc(C)cc(-c2ccc3c(c2)oc2c(-c4cc(C(C)C(C)C)ccn4)[c-]ccc23)c1.[CH3][Ge]([CH3])([CH3])[c]1ccc(-c2[c-]cccc2)nc1.[Ir]. The zero-order valence-corrected chi connectivity index (χ0v) is 34.2. The van der Waals surface area contributed by atoms with Crippen LogP contribution in [0.5, 0.6) is 0 Å². The number of pyridine rings is 2. The Morgan fingerprint density at radius 1 is 0.694 bits per heavy atom. The van der Waals surface area contributed by atoms with E-state index < -0.39 is 13.3 Å². The van der Waals surface area contributed by atoms with Crippen LogP contribution >= 0.6 is 0 Å². The maximum Gasteiger partial charge on any atom is 0 e. The Hall–Kier alpha value is -3.83. The average Bonchev–Trinajstić information content (AvgIpc) is 3.46. The van der Waals surface area contributed by atoms with Gasteiger partial charge in [0, 0.05) is 31.7 Å². The van der Waals surface area contributed by atoms with Crippen molar-refractivity contribution < 1.29 is 24.5 Å². The van der Waals surface area contributed by atoms with E-state index in [2.05, 4.69) is 141 Å². The van der Waals surface area contributed by atoms with Gasteiger partial charge in [0.1, 0.15) is 5.58 Å². The second-order valence-corrected chi connectivity index (χ2v) is 24.9. The van der Waals surface area contributed by atoms with E-state index >= 15 is 0 Å². The fourth-order valence-corrected chi connectivity index (χ4v) is 8.23. The van der Waals surface area contributed by atoms with Crippen molar-refractivity contribution in [3.8, 4) is 33.6 Å². The largest absolute Gasteiger partial charge is 0 e. The molecule has 4 aromatic carbocycles. The molecular formula is C44H44GeIrN2O-2. The molecule has 1 unspecified atom stereocenters. The average molecular weight is 882 g/mol. The topological polar surface area (TPSA) is 38.9 Å². The molecule has 0 N–H and O–H groups in total. The Morgan fingerprint density at radius 3 is 2.12 bits per heavy atom. The van der Waals surface area contributed by atoms with Gasteiger partial charge in [-0.25, -0.2) is 0 Å². The van der Waals surface area contributed by atoms with Crippen molar-refractivity contribution in [3.05, 3.63) is 138 Å². The monoisotopic (exact) mass is 883 g/mol. The molecule has 1 atom stereocenters. The third-order valence-corrected chi connectivity index (χ3v) is 13.4. The van der Waals surface area contributed by atoms with Crippen LogP contribution in [0.3, 0.4) is 0 Å². The van der Waals surface area contributed by atoms with Gasteiger partial charge in [-0.3, -0.25) is 0 Å². The van der Waals surface area contributed by atoms with Gasteiger partial charge in [0.25, 0.3) is 0 Å². The van der Waals surface area contributed by atoms with E-state index in [1.165, 1.54) is 32.2 Å². The summed E-state index contributed by atoms with van der Waals surface area (Å²) in [4.78, 5) is 9.20. The van der Waals surface area contributed by atoms with Crippen molar-refractivity contribution in [2.24, 2.45) is 5.92 Å². The number of aryl methyl sites for hydroxylation is 2. The summed E-state index contributed by atoms with van der Waals surface area (Å²) in [6.07, 6.45) is 3.94. The molecule has 7 aromatic rings. The Balaban J connectivity index is 0.000000233. The molecule has 49 heavy (non-hydrogen) atoms. The second-order valence-electron chi connectivity index (χ2n) is 14.3. The summed E-state index contributed by atoms with van der Waals surface area (Å²) in [5.74, 6) is 8.18. The van der Waals surface area contributed by atoms with Crippen molar-refractivity contribution >= 4 is 39.6 Å². The van der Waals surface area contributed by atoms with Crippen LogP contribution in [0.2, 0.25) is 17.3 Å². The number of hydrogen-bond donors (Lipinski definition) is 0. The quantitative estimate of drug-likeness (QED) is 0.123. The minimum absolute atomic E-state index is 0. The van der Waals surface area contributed by atoms with Crippen molar-refractivity contribution in [2.45, 2.75) is 57.8 Å². The molecule has 0 saturated heterocycles. The van der Waals surface area contributed by atoms with E-state index in [0.29, 0.717) is 11.8 Å². The minimum atomic E-state index is -1.72. The van der Waals surface area contributed by atoms with Crippen LogP contribution in [0.1, 0.15) is 43.4 Å². The zero-order valence-electron chi connectivity index (χ0n) is 29.7. The summed E-state index contributed by atoms with van der Waals surface area (Å²) < 4.78 is 7.88. The van der Waals surface area contributed by atoms with E-state index in [0.717, 1.165) is 44.5 Å². The first kappa shape index (κ1) is 36.5. The molecule has 251 valence electrons. The van der Waals surface area contributed by atoms with Crippen LogP contribution in [0, 0.1) is 31.9 Å². The van der Waals surface area contributed by atoms with Crippen LogP contribution in [-0.2, 0) is 20.1 Å². The molecule has 0 aliphatic heterocycles. The number of aromatic nitrogens is 2. The van der Waals surface area contributed by atoms with Gasteiger partial charge in [0.2, 0.25) is 0 Å². The van der Waals surface area contributed by atoms with Crippen LogP contribution in [0.4, 0.5) is 0 Å². The molecule has 0 fully saturated rings. The summed E-state index contributed by atoms with van der Waals surface area (Å²) in [6, 6.07) is 40.4. The Bertz CT molecular complexity index is 2160. The van der Waals surface area contributed by atoms with E-state index in [9.17, 15) is 0 Å². The first-order valence-corrected chi connectivity index (χ1v) is 24.2. The molecule has 5 heteroatoms. The van der Waals surface area contributed by atoms with Crippen LogP contribution in [0.25, 0.3) is 55.6 Å². The normalized spacial score (nSPS) is 12.0. The summed E-state index contributed by atoms with van der Waals surface area (Å²) in [7, 11) is 0. The number of rotatable bonds is 6. The molecule has 0 bridgehead atoms. The van der Waals surface area contributed by atoms with Gasteiger partial charge in [0.05, 0.1) is 5.58 Å². The molecule has 0 aliphatic rings. The maximum absolute atomic E-state index is 6.44. The third kappa shape index (κ3) is 8.32. The predicted octanol–water partition coefficient (Wildman–Crippen LogP) is 11.6. The molecular weight excluding hydrogens is 837 g/mol. The summed E-state index contributed by atoms with van der Waals surface area (Å²) in [5, 5.41) is 2.22. The predicted molar refractivity (Wildman–Crippen MR) is 205 cm³/mol. The van der Waals surface area contributed by atoms with Gasteiger partial charge < -0.3 is 9.40 Å². The number of furan rings is 1. The van der Waals surface area contributed by atoms with Crippen LogP contribution in [0.15, 0.2) is 114 Å². The third-order valence-electron chi connectivity index (χ3n) is 9.17. The molecule has 3 aromatic heterocycles. The molecule has 0 amide bonds. The Kier molecular flexibility index (Phi) is 11.4. The van der Waals surface area contributed by atoms with E-state index in [-0.39, 0.29) is 20.1 Å². The number of benzene rings is 4. The van der Waals surface area contributed by atoms with E-state index in [1.54, 1.807) is 0 Å². The molecule has 3 heterocycles. The Labute approximate surface area is 307 Å². The fourth-order valence-electron chi connectivity index (χ4n) is 6.05. The van der Waals surface area contributed by atoms with Crippen LogP contribution in [-0.4, -0.2) is 23.2 Å². The molecule has 0 saturated carbocycles. The van der Waals surface area contributed by atoms with Gasteiger partial charge in [-0.1, -0.05) is 84.8 Å². The van der Waals surface area contributed by atoms with E-state index in [4.69, 9.17) is 4.42 Å².